The first kappa shape index (κ1) is 9.22. The van der Waals surface area contributed by atoms with Gasteiger partial charge in [-0.05, 0) is 6.42 Å². The lowest BCUT2D eigenvalue weighted by Crippen LogP contribution is -2.39. The molecule has 0 radical (unpaired) electrons. The summed E-state index contributed by atoms with van der Waals surface area (Å²) in [6.45, 7) is 0. The maximum absolute atomic E-state index is 11.1. The smallest absolute Gasteiger partial charge is 0.310 e. The topological polar surface area (TPSA) is 72.5 Å². The Hall–Kier alpha value is -0.870. The Kier molecular flexibility index (Phi) is 2.83. The van der Waals surface area contributed by atoms with E-state index >= 15 is 0 Å². The molecule has 0 spiro atoms. The van der Waals surface area contributed by atoms with Crippen molar-refractivity contribution in [3.8, 4) is 0 Å². The first-order chi connectivity index (χ1) is 5.65. The summed E-state index contributed by atoms with van der Waals surface area (Å²) in [7, 11) is 1.32. The molecule has 0 bridgehead atoms. The van der Waals surface area contributed by atoms with Gasteiger partial charge in [0, 0.05) is 6.04 Å². The summed E-state index contributed by atoms with van der Waals surface area (Å²) in [5, 5.41) is 9.19. The first-order valence-corrected chi connectivity index (χ1v) is 3.85. The van der Waals surface area contributed by atoms with Gasteiger partial charge >= 0.3 is 5.97 Å². The van der Waals surface area contributed by atoms with Crippen molar-refractivity contribution in [1.29, 1.82) is 0 Å². The number of ether oxygens (including phenoxy) is 1. The maximum Gasteiger partial charge on any atom is 0.310 e. The molecular weight excluding hydrogens is 158 g/mol. The second kappa shape index (κ2) is 3.69. The van der Waals surface area contributed by atoms with Crippen LogP contribution in [0.4, 0.5) is 0 Å². The van der Waals surface area contributed by atoms with Crippen LogP contribution in [0.15, 0.2) is 12.2 Å². The third kappa shape index (κ3) is 1.84. The summed E-state index contributed by atoms with van der Waals surface area (Å²) < 4.78 is 4.54. The van der Waals surface area contributed by atoms with Gasteiger partial charge in [0.2, 0.25) is 0 Å². The molecule has 0 aromatic carbocycles. The number of hydrogen-bond donors (Lipinski definition) is 2. The molecule has 0 saturated heterocycles. The van der Waals surface area contributed by atoms with Crippen molar-refractivity contribution in [2.75, 3.05) is 7.11 Å². The van der Waals surface area contributed by atoms with E-state index in [1.54, 1.807) is 12.2 Å². The van der Waals surface area contributed by atoms with Crippen molar-refractivity contribution < 1.29 is 14.6 Å². The monoisotopic (exact) mass is 171 g/mol. The summed E-state index contributed by atoms with van der Waals surface area (Å²) in [5.41, 5.74) is 5.62. The zero-order valence-electron chi connectivity index (χ0n) is 6.93. The predicted octanol–water partition coefficient (Wildman–Crippen LogP) is -0.576. The molecule has 12 heavy (non-hydrogen) atoms. The van der Waals surface area contributed by atoms with Crippen LogP contribution in [0.1, 0.15) is 6.42 Å². The molecule has 1 aliphatic rings. The minimum atomic E-state index is -0.575. The number of esters is 1. The zero-order valence-corrected chi connectivity index (χ0v) is 6.93. The van der Waals surface area contributed by atoms with Crippen LogP contribution < -0.4 is 5.73 Å². The van der Waals surface area contributed by atoms with Crippen LogP contribution in [-0.2, 0) is 9.53 Å². The van der Waals surface area contributed by atoms with Crippen molar-refractivity contribution in [2.24, 2.45) is 11.7 Å². The van der Waals surface area contributed by atoms with Crippen LogP contribution in [0, 0.1) is 5.92 Å². The van der Waals surface area contributed by atoms with Crippen LogP contribution in [0.2, 0.25) is 0 Å². The van der Waals surface area contributed by atoms with Crippen molar-refractivity contribution in [2.45, 2.75) is 18.6 Å². The second-order valence-corrected chi connectivity index (χ2v) is 2.89. The van der Waals surface area contributed by atoms with Crippen molar-refractivity contribution in [1.82, 2.24) is 0 Å². The molecule has 0 fully saturated rings. The number of aliphatic hydroxyl groups is 1. The summed E-state index contributed by atoms with van der Waals surface area (Å²) in [6.07, 6.45) is 3.01. The van der Waals surface area contributed by atoms with E-state index in [0.29, 0.717) is 6.42 Å². The number of hydrogen-bond acceptors (Lipinski definition) is 4. The molecular formula is C8H13NO3. The van der Waals surface area contributed by atoms with Gasteiger partial charge in [-0.1, -0.05) is 12.2 Å². The van der Waals surface area contributed by atoms with Gasteiger partial charge < -0.3 is 15.6 Å². The standard InChI is InChI=1S/C8H13NO3/c1-12-8(11)6-4-5(10)2-3-7(6)9/h2-3,5-7,10H,4,9H2,1H3. The van der Waals surface area contributed by atoms with Gasteiger partial charge in [-0.3, -0.25) is 4.79 Å². The number of methoxy groups -OCH3 is 1. The highest BCUT2D eigenvalue weighted by Crippen LogP contribution is 2.18. The fourth-order valence-electron chi connectivity index (χ4n) is 1.29. The van der Waals surface area contributed by atoms with Gasteiger partial charge in [-0.2, -0.15) is 0 Å². The van der Waals surface area contributed by atoms with Crippen LogP contribution in [-0.4, -0.2) is 30.3 Å². The minimum Gasteiger partial charge on any atom is -0.469 e. The minimum absolute atomic E-state index is 0.333. The third-order valence-electron chi connectivity index (χ3n) is 2.02. The molecule has 1 aliphatic carbocycles. The highest BCUT2D eigenvalue weighted by atomic mass is 16.5. The molecule has 4 heteroatoms. The molecule has 0 aromatic heterocycles. The molecule has 0 saturated carbocycles. The van der Waals surface area contributed by atoms with Crippen LogP contribution >= 0.6 is 0 Å². The molecule has 68 valence electrons. The number of carbonyl (C=O) groups is 1. The number of carbonyl (C=O) groups excluding carboxylic acids is 1. The van der Waals surface area contributed by atoms with Gasteiger partial charge in [-0.25, -0.2) is 0 Å². The molecule has 0 aromatic rings. The second-order valence-electron chi connectivity index (χ2n) is 2.89. The van der Waals surface area contributed by atoms with E-state index in [2.05, 4.69) is 4.74 Å². The highest BCUT2D eigenvalue weighted by Gasteiger charge is 2.29. The number of nitrogens with two attached hydrogens (primary N) is 1. The maximum atomic E-state index is 11.1. The molecule has 4 nitrogen and oxygen atoms in total. The van der Waals surface area contributed by atoms with E-state index in [0.717, 1.165) is 0 Å². The van der Waals surface area contributed by atoms with E-state index in [-0.39, 0.29) is 12.0 Å². The Morgan fingerprint density at radius 1 is 1.67 bits per heavy atom. The van der Waals surface area contributed by atoms with Gasteiger partial charge in [0.1, 0.15) is 0 Å². The van der Waals surface area contributed by atoms with Gasteiger partial charge in [0.15, 0.2) is 0 Å². The number of rotatable bonds is 1. The Morgan fingerprint density at radius 2 is 2.33 bits per heavy atom. The first-order valence-electron chi connectivity index (χ1n) is 3.85. The average Bonchev–Trinajstić information content (AvgIpc) is 2.08. The average molecular weight is 171 g/mol. The summed E-state index contributed by atoms with van der Waals surface area (Å²) in [4.78, 5) is 11.1. The van der Waals surface area contributed by atoms with Gasteiger partial charge in [0.05, 0.1) is 19.1 Å². The van der Waals surface area contributed by atoms with Crippen molar-refractivity contribution >= 4 is 5.97 Å². The summed E-state index contributed by atoms with van der Waals surface area (Å²) >= 11 is 0. The largest absolute Gasteiger partial charge is 0.469 e. The lowest BCUT2D eigenvalue weighted by molar-refractivity contribution is -0.146. The highest BCUT2D eigenvalue weighted by molar-refractivity contribution is 5.73. The van der Waals surface area contributed by atoms with Crippen LogP contribution in [0.25, 0.3) is 0 Å². The molecule has 1 rings (SSSR count). The normalized spacial score (nSPS) is 34.8. The molecule has 3 atom stereocenters. The van der Waals surface area contributed by atoms with E-state index in [4.69, 9.17) is 5.73 Å². The van der Waals surface area contributed by atoms with E-state index in [1.165, 1.54) is 7.11 Å². The van der Waals surface area contributed by atoms with E-state index in [1.807, 2.05) is 0 Å². The SMILES string of the molecule is COC(=O)C1CC(O)C=CC1N. The fraction of sp³-hybridized carbons (Fsp3) is 0.625. The van der Waals surface area contributed by atoms with E-state index in [9.17, 15) is 9.90 Å². The summed E-state index contributed by atoms with van der Waals surface area (Å²) in [6, 6.07) is -0.333. The lowest BCUT2D eigenvalue weighted by atomic mass is 9.89. The van der Waals surface area contributed by atoms with Crippen LogP contribution in [0.5, 0.6) is 0 Å². The molecule has 0 heterocycles. The number of aliphatic hydroxyl groups excluding tert-OH is 1. The van der Waals surface area contributed by atoms with Crippen molar-refractivity contribution in [3.63, 3.8) is 0 Å². The Bertz CT molecular complexity index is 202. The van der Waals surface area contributed by atoms with Gasteiger partial charge in [0.25, 0.3) is 0 Å². The molecule has 0 amide bonds. The lowest BCUT2D eigenvalue weighted by Gasteiger charge is -2.24. The van der Waals surface area contributed by atoms with Gasteiger partial charge in [-0.15, -0.1) is 0 Å². The Labute approximate surface area is 71.0 Å². The zero-order chi connectivity index (χ0) is 9.14. The van der Waals surface area contributed by atoms with Crippen LogP contribution in [0.3, 0.4) is 0 Å². The Balaban J connectivity index is 2.65. The fourth-order valence-corrected chi connectivity index (χ4v) is 1.29. The predicted molar refractivity (Wildman–Crippen MR) is 43.2 cm³/mol. The van der Waals surface area contributed by atoms with Crippen molar-refractivity contribution in [3.05, 3.63) is 12.2 Å². The Morgan fingerprint density at radius 3 is 2.92 bits per heavy atom. The van der Waals surface area contributed by atoms with E-state index < -0.39 is 12.0 Å². The molecule has 0 aliphatic heterocycles. The molecule has 3 unspecified atom stereocenters. The third-order valence-corrected chi connectivity index (χ3v) is 2.02. The quantitative estimate of drug-likeness (QED) is 0.409. The molecule has 3 N–H and O–H groups in total. The summed E-state index contributed by atoms with van der Waals surface area (Å²) in [5.74, 6) is -0.763.